The molecular formula is C61H98O6. The molecule has 0 aromatic heterocycles. The van der Waals surface area contributed by atoms with E-state index in [0.717, 1.165) is 141 Å². The largest absolute Gasteiger partial charge is 0.462 e. The second kappa shape index (κ2) is 54.4. The zero-order valence-electron chi connectivity index (χ0n) is 43.1. The second-order valence-corrected chi connectivity index (χ2v) is 17.4. The third kappa shape index (κ3) is 52.6. The van der Waals surface area contributed by atoms with Gasteiger partial charge < -0.3 is 14.2 Å². The van der Waals surface area contributed by atoms with Gasteiger partial charge in [-0.2, -0.15) is 0 Å². The van der Waals surface area contributed by atoms with E-state index < -0.39 is 6.10 Å². The number of esters is 3. The SMILES string of the molecule is CC/C=C\C/C=C\C/C=C\C/C=C\C/C=C\C/C=C\CCCCC(=O)OCC(COC(=O)CCCCCCC/C=C\CCCCCC)OC(=O)CCCCCCC/C=C\C/C=C\C/C=C\CC. The molecule has 0 aliphatic heterocycles. The molecule has 1 unspecified atom stereocenters. The molecule has 0 saturated carbocycles. The van der Waals surface area contributed by atoms with Crippen LogP contribution < -0.4 is 0 Å². The minimum atomic E-state index is -0.812. The van der Waals surface area contributed by atoms with E-state index in [0.29, 0.717) is 25.7 Å². The van der Waals surface area contributed by atoms with Crippen molar-refractivity contribution < 1.29 is 28.6 Å². The fraction of sp³-hybridized carbons (Fsp3) is 0.623. The van der Waals surface area contributed by atoms with Crippen molar-refractivity contribution >= 4 is 17.9 Å². The first kappa shape index (κ1) is 62.8. The number of carbonyl (C=O) groups is 3. The monoisotopic (exact) mass is 927 g/mol. The summed E-state index contributed by atoms with van der Waals surface area (Å²) in [7, 11) is 0. The van der Waals surface area contributed by atoms with Gasteiger partial charge in [0.05, 0.1) is 0 Å². The topological polar surface area (TPSA) is 78.9 Å². The molecule has 0 heterocycles. The fourth-order valence-electron chi connectivity index (χ4n) is 6.92. The van der Waals surface area contributed by atoms with Crippen molar-refractivity contribution in [1.29, 1.82) is 0 Å². The lowest BCUT2D eigenvalue weighted by Crippen LogP contribution is -2.30. The highest BCUT2D eigenvalue weighted by Gasteiger charge is 2.19. The van der Waals surface area contributed by atoms with Gasteiger partial charge in [-0.25, -0.2) is 0 Å². The Bertz CT molecular complexity index is 1440. The van der Waals surface area contributed by atoms with E-state index in [-0.39, 0.29) is 31.1 Å². The first-order valence-electron chi connectivity index (χ1n) is 27.0. The van der Waals surface area contributed by atoms with E-state index in [4.69, 9.17) is 14.2 Å². The zero-order chi connectivity index (χ0) is 48.6. The van der Waals surface area contributed by atoms with E-state index in [1.165, 1.54) is 38.5 Å². The number of carbonyl (C=O) groups excluding carboxylic acids is 3. The number of rotatable bonds is 47. The summed E-state index contributed by atoms with van der Waals surface area (Å²) in [5.41, 5.74) is 0. The Balaban J connectivity index is 4.51. The summed E-state index contributed by atoms with van der Waals surface area (Å²) in [6.45, 7) is 6.32. The van der Waals surface area contributed by atoms with E-state index in [1.807, 2.05) is 0 Å². The zero-order valence-corrected chi connectivity index (χ0v) is 43.1. The molecule has 0 amide bonds. The Morgan fingerprint density at radius 1 is 0.313 bits per heavy atom. The van der Waals surface area contributed by atoms with Gasteiger partial charge in [-0.15, -0.1) is 0 Å². The van der Waals surface area contributed by atoms with Crippen molar-refractivity contribution in [2.75, 3.05) is 13.2 Å². The highest BCUT2D eigenvalue weighted by Crippen LogP contribution is 2.13. The normalized spacial score (nSPS) is 13.1. The molecule has 1 atom stereocenters. The van der Waals surface area contributed by atoms with Gasteiger partial charge in [-0.05, 0) is 128 Å². The summed E-state index contributed by atoms with van der Waals surface area (Å²) in [4.78, 5) is 38.0. The van der Waals surface area contributed by atoms with Crippen LogP contribution >= 0.6 is 0 Å². The fourth-order valence-corrected chi connectivity index (χ4v) is 6.92. The van der Waals surface area contributed by atoms with Gasteiger partial charge in [-0.3, -0.25) is 14.4 Å². The van der Waals surface area contributed by atoms with Gasteiger partial charge in [-0.1, -0.05) is 200 Å². The van der Waals surface area contributed by atoms with E-state index in [2.05, 4.69) is 142 Å². The molecule has 6 nitrogen and oxygen atoms in total. The summed E-state index contributed by atoms with van der Waals surface area (Å²) < 4.78 is 16.8. The Hall–Kier alpha value is -4.19. The molecule has 0 N–H and O–H groups in total. The summed E-state index contributed by atoms with van der Waals surface area (Å²) in [6.07, 6.45) is 74.7. The minimum absolute atomic E-state index is 0.107. The highest BCUT2D eigenvalue weighted by atomic mass is 16.6. The van der Waals surface area contributed by atoms with Gasteiger partial charge in [0.1, 0.15) is 13.2 Å². The van der Waals surface area contributed by atoms with Crippen molar-refractivity contribution in [2.24, 2.45) is 0 Å². The molecule has 6 heteroatoms. The van der Waals surface area contributed by atoms with Crippen LogP contribution in [0.4, 0.5) is 0 Å². The van der Waals surface area contributed by atoms with Gasteiger partial charge >= 0.3 is 17.9 Å². The summed E-state index contributed by atoms with van der Waals surface area (Å²) >= 11 is 0. The summed E-state index contributed by atoms with van der Waals surface area (Å²) in [5.74, 6) is -0.983. The summed E-state index contributed by atoms with van der Waals surface area (Å²) in [6, 6.07) is 0. The molecule has 0 radical (unpaired) electrons. The minimum Gasteiger partial charge on any atom is -0.462 e. The van der Waals surface area contributed by atoms with Crippen LogP contribution in [0.3, 0.4) is 0 Å². The van der Waals surface area contributed by atoms with Crippen LogP contribution in [-0.4, -0.2) is 37.2 Å². The van der Waals surface area contributed by atoms with Gasteiger partial charge in [0.25, 0.3) is 0 Å². The molecule has 0 bridgehead atoms. The predicted molar refractivity (Wildman–Crippen MR) is 288 cm³/mol. The van der Waals surface area contributed by atoms with E-state index >= 15 is 0 Å². The quantitative estimate of drug-likeness (QED) is 0.0262. The maximum absolute atomic E-state index is 12.8. The third-order valence-electron chi connectivity index (χ3n) is 10.9. The average molecular weight is 927 g/mol. The van der Waals surface area contributed by atoms with Crippen molar-refractivity contribution in [3.8, 4) is 0 Å². The molecule has 0 aromatic rings. The van der Waals surface area contributed by atoms with Crippen molar-refractivity contribution in [3.63, 3.8) is 0 Å². The van der Waals surface area contributed by atoms with Crippen molar-refractivity contribution in [2.45, 2.75) is 232 Å². The molecule has 0 saturated heterocycles. The Kier molecular flexibility index (Phi) is 51.0. The van der Waals surface area contributed by atoms with E-state index in [1.54, 1.807) is 0 Å². The molecule has 378 valence electrons. The highest BCUT2D eigenvalue weighted by molar-refractivity contribution is 5.71. The smallest absolute Gasteiger partial charge is 0.306 e. The Morgan fingerprint density at radius 2 is 0.582 bits per heavy atom. The molecule has 0 aliphatic carbocycles. The molecule has 0 aliphatic rings. The molecule has 0 rings (SSSR count). The lowest BCUT2D eigenvalue weighted by atomic mass is 10.1. The molecule has 67 heavy (non-hydrogen) atoms. The van der Waals surface area contributed by atoms with Crippen LogP contribution in [0.2, 0.25) is 0 Å². The number of hydrogen-bond donors (Lipinski definition) is 0. The first-order chi connectivity index (χ1) is 33.0. The van der Waals surface area contributed by atoms with Crippen LogP contribution in [0.25, 0.3) is 0 Å². The van der Waals surface area contributed by atoms with Crippen LogP contribution in [-0.2, 0) is 28.6 Å². The van der Waals surface area contributed by atoms with Gasteiger partial charge in [0.15, 0.2) is 6.10 Å². The summed E-state index contributed by atoms with van der Waals surface area (Å²) in [5, 5.41) is 0. The lowest BCUT2D eigenvalue weighted by Gasteiger charge is -2.18. The van der Waals surface area contributed by atoms with Crippen LogP contribution in [0.15, 0.2) is 122 Å². The third-order valence-corrected chi connectivity index (χ3v) is 10.9. The molecule has 0 aromatic carbocycles. The van der Waals surface area contributed by atoms with Crippen LogP contribution in [0.5, 0.6) is 0 Å². The van der Waals surface area contributed by atoms with Crippen LogP contribution in [0.1, 0.15) is 226 Å². The number of hydrogen-bond acceptors (Lipinski definition) is 6. The van der Waals surface area contributed by atoms with E-state index in [9.17, 15) is 14.4 Å². The van der Waals surface area contributed by atoms with Crippen LogP contribution in [0, 0.1) is 0 Å². The maximum atomic E-state index is 12.8. The molecule has 0 fully saturated rings. The maximum Gasteiger partial charge on any atom is 0.306 e. The van der Waals surface area contributed by atoms with Gasteiger partial charge in [0, 0.05) is 19.3 Å². The van der Waals surface area contributed by atoms with Crippen molar-refractivity contribution in [3.05, 3.63) is 122 Å². The Morgan fingerprint density at radius 3 is 0.955 bits per heavy atom. The number of ether oxygens (including phenoxy) is 3. The average Bonchev–Trinajstić information content (AvgIpc) is 3.33. The Labute approximate surface area is 412 Å². The standard InChI is InChI=1S/C61H98O6/c1-4-7-10-13-16-19-22-25-27-28-29-30-31-32-34-36-39-42-45-48-51-54-60(63)66-57-58(56-65-59(62)53-50-47-44-41-38-35-24-21-18-15-12-9-6-3)67-61(64)55-52-49-46-43-40-37-33-26-23-20-17-14-11-8-5-2/h7-8,10-11,16-17,19-21,24-27,29-30,32-34,39,42,58H,4-6,9,12-15,18,22-23,28,31,35-38,40-41,43-57H2,1-3H3/b10-7-,11-8-,19-16-,20-17-,24-21-,27-25-,30-29-,33-26-,34-32-,42-39-. The predicted octanol–water partition coefficient (Wildman–Crippen LogP) is 18.1. The lowest BCUT2D eigenvalue weighted by molar-refractivity contribution is -0.167. The molecular weight excluding hydrogens is 829 g/mol. The number of unbranched alkanes of at least 4 members (excludes halogenated alkanes) is 16. The second-order valence-electron chi connectivity index (χ2n) is 17.4. The van der Waals surface area contributed by atoms with Crippen molar-refractivity contribution in [1.82, 2.24) is 0 Å². The number of allylic oxidation sites excluding steroid dienone is 20. The molecule has 0 spiro atoms. The van der Waals surface area contributed by atoms with Gasteiger partial charge in [0.2, 0.25) is 0 Å². The first-order valence-corrected chi connectivity index (χ1v) is 27.0.